The summed E-state index contributed by atoms with van der Waals surface area (Å²) in [6.45, 7) is 0.511. The molecule has 8 heteroatoms. The number of hydrogen-bond donors (Lipinski definition) is 1. The third kappa shape index (κ3) is 4.58. The summed E-state index contributed by atoms with van der Waals surface area (Å²) >= 11 is 0. The van der Waals surface area contributed by atoms with Gasteiger partial charge in [-0.15, -0.1) is 10.2 Å². The molecule has 2 aromatic heterocycles. The molecule has 4 aromatic rings. The fourth-order valence-electron chi connectivity index (χ4n) is 3.06. The highest BCUT2D eigenvalue weighted by Crippen LogP contribution is 2.29. The van der Waals surface area contributed by atoms with E-state index in [-0.39, 0.29) is 0 Å². The minimum absolute atomic E-state index is 0.379. The Morgan fingerprint density at radius 1 is 0.806 bits per heavy atom. The lowest BCUT2D eigenvalue weighted by molar-refractivity contribution is 0.393. The van der Waals surface area contributed by atoms with E-state index < -0.39 is 0 Å². The second kappa shape index (κ2) is 9.17. The maximum atomic E-state index is 5.91. The van der Waals surface area contributed by atoms with Crippen LogP contribution in [-0.2, 0) is 6.54 Å². The van der Waals surface area contributed by atoms with Gasteiger partial charge in [-0.05, 0) is 54.1 Å². The van der Waals surface area contributed by atoms with Crippen molar-refractivity contribution in [2.24, 2.45) is 0 Å². The number of pyridine rings is 1. The SMILES string of the molecule is COc1ccc(-c2nnc(-c3cccnc3NCc3cc(OC)cc(OC)c3)o2)cc1. The van der Waals surface area contributed by atoms with Crippen LogP contribution in [0.2, 0.25) is 0 Å². The van der Waals surface area contributed by atoms with Crippen molar-refractivity contribution in [2.45, 2.75) is 6.54 Å². The van der Waals surface area contributed by atoms with E-state index in [1.807, 2.05) is 54.6 Å². The Kier molecular flexibility index (Phi) is 5.98. The van der Waals surface area contributed by atoms with Crippen LogP contribution in [0.1, 0.15) is 5.56 Å². The summed E-state index contributed by atoms with van der Waals surface area (Å²) in [6.07, 6.45) is 1.71. The van der Waals surface area contributed by atoms with Gasteiger partial charge in [0.25, 0.3) is 5.89 Å². The second-order valence-corrected chi connectivity index (χ2v) is 6.61. The minimum Gasteiger partial charge on any atom is -0.497 e. The number of methoxy groups -OCH3 is 3. The molecule has 0 aliphatic rings. The van der Waals surface area contributed by atoms with Crippen molar-refractivity contribution < 1.29 is 18.6 Å². The molecule has 0 aliphatic heterocycles. The Bertz CT molecular complexity index is 1140. The maximum absolute atomic E-state index is 5.91. The average molecular weight is 418 g/mol. The van der Waals surface area contributed by atoms with Gasteiger partial charge in [0, 0.05) is 24.4 Å². The molecule has 2 heterocycles. The lowest BCUT2D eigenvalue weighted by Crippen LogP contribution is -2.03. The van der Waals surface area contributed by atoms with Gasteiger partial charge in [0.15, 0.2) is 0 Å². The summed E-state index contributed by atoms with van der Waals surface area (Å²) in [5, 5.41) is 11.7. The first kappa shape index (κ1) is 20.2. The van der Waals surface area contributed by atoms with Crippen LogP contribution in [0.25, 0.3) is 22.9 Å². The van der Waals surface area contributed by atoms with Gasteiger partial charge in [0.1, 0.15) is 23.1 Å². The highest BCUT2D eigenvalue weighted by atomic mass is 16.5. The van der Waals surface area contributed by atoms with Crippen LogP contribution in [0.5, 0.6) is 17.2 Å². The predicted molar refractivity (Wildman–Crippen MR) is 116 cm³/mol. The van der Waals surface area contributed by atoms with Crippen molar-refractivity contribution in [1.82, 2.24) is 15.2 Å². The summed E-state index contributed by atoms with van der Waals surface area (Å²) in [4.78, 5) is 4.44. The van der Waals surface area contributed by atoms with Gasteiger partial charge in [-0.2, -0.15) is 0 Å². The van der Waals surface area contributed by atoms with Crippen LogP contribution in [0.15, 0.2) is 65.2 Å². The van der Waals surface area contributed by atoms with Crippen molar-refractivity contribution in [3.8, 4) is 40.2 Å². The maximum Gasteiger partial charge on any atom is 0.251 e. The van der Waals surface area contributed by atoms with Gasteiger partial charge >= 0.3 is 0 Å². The third-order valence-corrected chi connectivity index (χ3v) is 4.67. The van der Waals surface area contributed by atoms with Crippen LogP contribution in [0, 0.1) is 0 Å². The van der Waals surface area contributed by atoms with Gasteiger partial charge in [0.05, 0.1) is 26.9 Å². The van der Waals surface area contributed by atoms with Crippen LogP contribution < -0.4 is 19.5 Å². The molecule has 1 N–H and O–H groups in total. The molecular weight excluding hydrogens is 396 g/mol. The summed E-state index contributed by atoms with van der Waals surface area (Å²) in [6, 6.07) is 16.8. The summed E-state index contributed by atoms with van der Waals surface area (Å²) in [7, 11) is 4.87. The Morgan fingerprint density at radius 3 is 2.16 bits per heavy atom. The largest absolute Gasteiger partial charge is 0.497 e. The van der Waals surface area contributed by atoms with Crippen molar-refractivity contribution in [3.63, 3.8) is 0 Å². The molecule has 8 nitrogen and oxygen atoms in total. The van der Waals surface area contributed by atoms with Crippen LogP contribution in [0.3, 0.4) is 0 Å². The van der Waals surface area contributed by atoms with E-state index in [1.165, 1.54) is 0 Å². The van der Waals surface area contributed by atoms with Crippen LogP contribution in [-0.4, -0.2) is 36.5 Å². The molecule has 0 bridgehead atoms. The first-order valence-electron chi connectivity index (χ1n) is 9.59. The van der Waals surface area contributed by atoms with Crippen molar-refractivity contribution in [1.29, 1.82) is 0 Å². The van der Waals surface area contributed by atoms with E-state index in [0.29, 0.717) is 29.7 Å². The zero-order valence-electron chi connectivity index (χ0n) is 17.5. The molecule has 2 aromatic carbocycles. The molecule has 0 aliphatic carbocycles. The molecule has 0 amide bonds. The lowest BCUT2D eigenvalue weighted by atomic mass is 10.2. The van der Waals surface area contributed by atoms with E-state index in [1.54, 1.807) is 27.5 Å². The summed E-state index contributed by atoms with van der Waals surface area (Å²) in [5.74, 6) is 3.64. The smallest absolute Gasteiger partial charge is 0.251 e. The topological polar surface area (TPSA) is 91.5 Å². The number of rotatable bonds is 8. The van der Waals surface area contributed by atoms with Crippen molar-refractivity contribution in [3.05, 3.63) is 66.4 Å². The highest BCUT2D eigenvalue weighted by molar-refractivity contribution is 5.69. The number of aromatic nitrogens is 3. The quantitative estimate of drug-likeness (QED) is 0.449. The Balaban J connectivity index is 1.56. The van der Waals surface area contributed by atoms with Gasteiger partial charge in [-0.25, -0.2) is 4.98 Å². The number of nitrogens with zero attached hydrogens (tertiary/aromatic N) is 3. The van der Waals surface area contributed by atoms with E-state index >= 15 is 0 Å². The first-order chi connectivity index (χ1) is 15.2. The van der Waals surface area contributed by atoms with Gasteiger partial charge in [-0.1, -0.05) is 0 Å². The zero-order valence-corrected chi connectivity index (χ0v) is 17.5. The number of nitrogens with one attached hydrogen (secondary N) is 1. The predicted octanol–water partition coefficient (Wildman–Crippen LogP) is 4.44. The summed E-state index contributed by atoms with van der Waals surface area (Å²) < 4.78 is 21.8. The summed E-state index contributed by atoms with van der Waals surface area (Å²) in [5.41, 5.74) is 2.50. The van der Waals surface area contributed by atoms with Crippen molar-refractivity contribution in [2.75, 3.05) is 26.6 Å². The van der Waals surface area contributed by atoms with E-state index in [4.69, 9.17) is 18.6 Å². The Morgan fingerprint density at radius 2 is 1.48 bits per heavy atom. The van der Waals surface area contributed by atoms with Crippen molar-refractivity contribution >= 4 is 5.82 Å². The number of hydrogen-bond acceptors (Lipinski definition) is 8. The molecule has 0 saturated carbocycles. The molecule has 0 fully saturated rings. The van der Waals surface area contributed by atoms with Crippen LogP contribution in [0.4, 0.5) is 5.82 Å². The zero-order chi connectivity index (χ0) is 21.6. The standard InChI is InChI=1S/C23H22N4O4/c1-28-17-8-6-16(7-9-17)22-26-27-23(31-22)20-5-4-10-24-21(20)25-14-15-11-18(29-2)13-19(12-15)30-3/h4-13H,14H2,1-3H3,(H,24,25). The Labute approximate surface area is 179 Å². The molecule has 0 saturated heterocycles. The molecule has 31 heavy (non-hydrogen) atoms. The van der Waals surface area contributed by atoms with Gasteiger partial charge in [0.2, 0.25) is 5.89 Å². The molecule has 0 spiro atoms. The fraction of sp³-hybridized carbons (Fsp3) is 0.174. The van der Waals surface area contributed by atoms with E-state index in [2.05, 4.69) is 20.5 Å². The molecule has 158 valence electrons. The molecular formula is C23H22N4O4. The fourth-order valence-corrected chi connectivity index (χ4v) is 3.06. The van der Waals surface area contributed by atoms with E-state index in [0.717, 1.165) is 28.4 Å². The number of benzene rings is 2. The van der Waals surface area contributed by atoms with Gasteiger partial charge < -0.3 is 23.9 Å². The number of anilines is 1. The number of ether oxygens (including phenoxy) is 3. The highest BCUT2D eigenvalue weighted by Gasteiger charge is 2.15. The third-order valence-electron chi connectivity index (χ3n) is 4.67. The Hall–Kier alpha value is -4.07. The minimum atomic E-state index is 0.379. The molecule has 0 unspecified atom stereocenters. The first-order valence-corrected chi connectivity index (χ1v) is 9.59. The monoisotopic (exact) mass is 418 g/mol. The second-order valence-electron chi connectivity index (χ2n) is 6.61. The average Bonchev–Trinajstić information content (AvgIpc) is 3.33. The van der Waals surface area contributed by atoms with E-state index in [9.17, 15) is 0 Å². The lowest BCUT2D eigenvalue weighted by Gasteiger charge is -2.11. The molecule has 0 radical (unpaired) electrons. The molecule has 0 atom stereocenters. The van der Waals surface area contributed by atoms with Crippen LogP contribution >= 0.6 is 0 Å². The molecule has 4 rings (SSSR count). The normalized spacial score (nSPS) is 10.5. The van der Waals surface area contributed by atoms with Gasteiger partial charge in [-0.3, -0.25) is 0 Å².